The van der Waals surface area contributed by atoms with Gasteiger partial charge in [-0.2, -0.15) is 0 Å². The van der Waals surface area contributed by atoms with Gasteiger partial charge >= 0.3 is 0 Å². The van der Waals surface area contributed by atoms with Crippen LogP contribution in [0.25, 0.3) is 11.1 Å². The van der Waals surface area contributed by atoms with Crippen molar-refractivity contribution in [2.75, 3.05) is 18.0 Å². The fourth-order valence-electron chi connectivity index (χ4n) is 3.67. The largest absolute Gasteiger partial charge is 0.497 e. The minimum atomic E-state index is -3.98. The van der Waals surface area contributed by atoms with E-state index in [4.69, 9.17) is 4.74 Å². The fraction of sp³-hybridized carbons (Fsp3) is 0.174. The van der Waals surface area contributed by atoms with Crippen molar-refractivity contribution >= 4 is 21.6 Å². The molecule has 1 amide bonds. The average molecular weight is 440 g/mol. The minimum Gasteiger partial charge on any atom is -0.497 e. The molecule has 1 aliphatic heterocycles. The lowest BCUT2D eigenvalue weighted by molar-refractivity contribution is -0.120. The molecule has 1 heterocycles. The van der Waals surface area contributed by atoms with Crippen LogP contribution in [-0.4, -0.2) is 28.0 Å². The average Bonchev–Trinajstić information content (AvgIpc) is 2.77. The normalized spacial score (nSPS) is 14.9. The molecule has 1 aliphatic rings. The van der Waals surface area contributed by atoms with E-state index in [1.165, 1.54) is 24.3 Å². The molecule has 0 unspecified atom stereocenters. The van der Waals surface area contributed by atoms with Gasteiger partial charge in [0.05, 0.1) is 23.7 Å². The molecule has 31 heavy (non-hydrogen) atoms. The first-order chi connectivity index (χ1) is 14.8. The van der Waals surface area contributed by atoms with Gasteiger partial charge in [0, 0.05) is 11.1 Å². The number of nitrogens with one attached hydrogen (secondary N) is 1. The Labute approximate surface area is 180 Å². The summed E-state index contributed by atoms with van der Waals surface area (Å²) in [5, 5.41) is 2.82. The Bertz CT molecular complexity index is 1240. The van der Waals surface area contributed by atoms with Gasteiger partial charge in [0.15, 0.2) is 0 Å². The van der Waals surface area contributed by atoms with E-state index < -0.39 is 28.3 Å². The number of fused-ring (bicyclic) bond motifs is 3. The molecule has 3 aromatic rings. The zero-order valence-electron chi connectivity index (χ0n) is 17.0. The standard InChI is InChI=1S/C23H21FN2O4S/c1-15(16-7-10-18(30-2)11-8-16)25-23(27)14-26-21-12-9-17(24)13-20(21)19-5-3-4-6-22(19)31(26,28)29/h3-13,15H,14H2,1-2H3,(H,25,27)/t15-/m1/s1. The second kappa shape index (κ2) is 8.03. The van der Waals surface area contributed by atoms with Gasteiger partial charge in [-0.25, -0.2) is 12.8 Å². The fourth-order valence-corrected chi connectivity index (χ4v) is 5.32. The molecule has 0 saturated heterocycles. The third-order valence-corrected chi connectivity index (χ3v) is 7.07. The lowest BCUT2D eigenvalue weighted by Crippen LogP contribution is -2.43. The predicted octanol–water partition coefficient (Wildman–Crippen LogP) is 3.89. The molecule has 0 saturated carbocycles. The number of benzene rings is 3. The topological polar surface area (TPSA) is 75.7 Å². The van der Waals surface area contributed by atoms with E-state index in [0.717, 1.165) is 9.87 Å². The van der Waals surface area contributed by atoms with Crippen LogP contribution in [0.5, 0.6) is 5.75 Å². The molecule has 0 aromatic heterocycles. The van der Waals surface area contributed by atoms with Crippen molar-refractivity contribution in [1.29, 1.82) is 0 Å². The van der Waals surface area contributed by atoms with Crippen molar-refractivity contribution in [3.05, 3.63) is 78.1 Å². The number of ether oxygens (including phenoxy) is 1. The summed E-state index contributed by atoms with van der Waals surface area (Å²) >= 11 is 0. The number of halogens is 1. The third kappa shape index (κ3) is 3.86. The second-order valence-electron chi connectivity index (χ2n) is 7.23. The highest BCUT2D eigenvalue weighted by Gasteiger charge is 2.36. The van der Waals surface area contributed by atoms with Gasteiger partial charge in [-0.15, -0.1) is 0 Å². The Morgan fingerprint density at radius 2 is 1.77 bits per heavy atom. The third-order valence-electron chi connectivity index (χ3n) is 5.25. The molecule has 0 aliphatic carbocycles. The highest BCUT2D eigenvalue weighted by Crippen LogP contribution is 2.43. The first-order valence-corrected chi connectivity index (χ1v) is 11.1. The van der Waals surface area contributed by atoms with Crippen LogP contribution in [0, 0.1) is 5.82 Å². The second-order valence-corrected chi connectivity index (χ2v) is 9.06. The molecule has 0 fully saturated rings. The molecule has 0 bridgehead atoms. The SMILES string of the molecule is COc1ccc([C@@H](C)NC(=O)CN2c3ccc(F)cc3-c3ccccc3S2(=O)=O)cc1. The maximum atomic E-state index is 13.9. The molecule has 6 nitrogen and oxygen atoms in total. The van der Waals surface area contributed by atoms with Crippen LogP contribution >= 0.6 is 0 Å². The molecular formula is C23H21FN2O4S. The van der Waals surface area contributed by atoms with E-state index in [9.17, 15) is 17.6 Å². The summed E-state index contributed by atoms with van der Waals surface area (Å²) in [5.41, 5.74) is 1.97. The van der Waals surface area contributed by atoms with Gasteiger partial charge in [0.2, 0.25) is 5.91 Å². The van der Waals surface area contributed by atoms with Crippen LogP contribution in [0.15, 0.2) is 71.6 Å². The molecular weight excluding hydrogens is 419 g/mol. The summed E-state index contributed by atoms with van der Waals surface area (Å²) in [5.74, 6) is -0.254. The Kier molecular flexibility index (Phi) is 5.41. The minimum absolute atomic E-state index is 0.0455. The van der Waals surface area contributed by atoms with Crippen molar-refractivity contribution in [2.24, 2.45) is 0 Å². The Morgan fingerprint density at radius 1 is 1.06 bits per heavy atom. The van der Waals surface area contributed by atoms with Crippen molar-refractivity contribution in [1.82, 2.24) is 5.32 Å². The van der Waals surface area contributed by atoms with Gasteiger partial charge < -0.3 is 10.1 Å². The zero-order chi connectivity index (χ0) is 22.2. The first-order valence-electron chi connectivity index (χ1n) is 9.66. The van der Waals surface area contributed by atoms with E-state index >= 15 is 0 Å². The van der Waals surface area contributed by atoms with Crippen LogP contribution in [-0.2, 0) is 14.8 Å². The Hall–Kier alpha value is -3.39. The van der Waals surface area contributed by atoms with E-state index in [0.29, 0.717) is 16.9 Å². The summed E-state index contributed by atoms with van der Waals surface area (Å²) in [6.45, 7) is 1.39. The number of methoxy groups -OCH3 is 1. The Morgan fingerprint density at radius 3 is 2.48 bits per heavy atom. The van der Waals surface area contributed by atoms with Crippen LogP contribution < -0.4 is 14.4 Å². The quantitative estimate of drug-likeness (QED) is 0.653. The molecule has 4 rings (SSSR count). The number of hydrogen-bond donors (Lipinski definition) is 1. The van der Waals surface area contributed by atoms with Gasteiger partial charge in [0.25, 0.3) is 10.0 Å². The maximum Gasteiger partial charge on any atom is 0.265 e. The summed E-state index contributed by atoms with van der Waals surface area (Å²) in [6.07, 6.45) is 0. The molecule has 0 radical (unpaired) electrons. The molecule has 1 atom stereocenters. The van der Waals surface area contributed by atoms with Crippen molar-refractivity contribution in [2.45, 2.75) is 17.9 Å². The van der Waals surface area contributed by atoms with Gasteiger partial charge in [-0.1, -0.05) is 30.3 Å². The van der Waals surface area contributed by atoms with Gasteiger partial charge in [0.1, 0.15) is 18.1 Å². The van der Waals surface area contributed by atoms with Crippen LogP contribution in [0.3, 0.4) is 0 Å². The summed E-state index contributed by atoms with van der Waals surface area (Å²) in [7, 11) is -2.41. The summed E-state index contributed by atoms with van der Waals surface area (Å²) in [4.78, 5) is 12.8. The lowest BCUT2D eigenvalue weighted by Gasteiger charge is -2.32. The number of rotatable bonds is 5. The van der Waals surface area contributed by atoms with Crippen molar-refractivity contribution in [3.8, 4) is 16.9 Å². The van der Waals surface area contributed by atoms with Crippen LogP contribution in [0.2, 0.25) is 0 Å². The van der Waals surface area contributed by atoms with Gasteiger partial charge in [-0.3, -0.25) is 9.10 Å². The van der Waals surface area contributed by atoms with E-state index in [1.807, 2.05) is 19.1 Å². The number of hydrogen-bond acceptors (Lipinski definition) is 4. The highest BCUT2D eigenvalue weighted by atomic mass is 32.2. The van der Waals surface area contributed by atoms with Crippen LogP contribution in [0.1, 0.15) is 18.5 Å². The number of sulfonamides is 1. The number of anilines is 1. The molecule has 8 heteroatoms. The summed E-state index contributed by atoms with van der Waals surface area (Å²) < 4.78 is 46.6. The number of nitrogens with zero attached hydrogens (tertiary/aromatic N) is 1. The highest BCUT2D eigenvalue weighted by molar-refractivity contribution is 7.93. The van der Waals surface area contributed by atoms with Crippen molar-refractivity contribution in [3.63, 3.8) is 0 Å². The van der Waals surface area contributed by atoms with E-state index in [2.05, 4.69) is 5.32 Å². The predicted molar refractivity (Wildman–Crippen MR) is 116 cm³/mol. The number of amides is 1. The van der Waals surface area contributed by atoms with Gasteiger partial charge in [-0.05, 0) is 48.9 Å². The molecule has 3 aromatic carbocycles. The van der Waals surface area contributed by atoms with Crippen LogP contribution in [0.4, 0.5) is 10.1 Å². The van der Waals surface area contributed by atoms with E-state index in [1.54, 1.807) is 37.4 Å². The van der Waals surface area contributed by atoms with E-state index in [-0.39, 0.29) is 16.6 Å². The Balaban J connectivity index is 1.62. The number of carbonyl (C=O) groups is 1. The molecule has 0 spiro atoms. The maximum absolute atomic E-state index is 13.9. The molecule has 160 valence electrons. The first kappa shape index (κ1) is 20.9. The lowest BCUT2D eigenvalue weighted by atomic mass is 10.0. The monoisotopic (exact) mass is 440 g/mol. The summed E-state index contributed by atoms with van der Waals surface area (Å²) in [6, 6.07) is 17.1. The zero-order valence-corrected chi connectivity index (χ0v) is 17.8. The number of carbonyl (C=O) groups excluding carboxylic acids is 1. The van der Waals surface area contributed by atoms with Crippen molar-refractivity contribution < 1.29 is 22.3 Å². The smallest absolute Gasteiger partial charge is 0.265 e. The molecule has 1 N–H and O–H groups in total.